The molecule has 0 bridgehead atoms. The summed E-state index contributed by atoms with van der Waals surface area (Å²) >= 11 is 0. The molecule has 1 rings (SSSR count). The quantitative estimate of drug-likeness (QED) is 0.675. The first-order chi connectivity index (χ1) is 7.20. The number of unbranched alkanes of at least 4 members (excludes halogenated alkanes) is 1. The van der Waals surface area contributed by atoms with Crippen LogP contribution in [0.3, 0.4) is 0 Å². The number of Topliss-reactive ketones (excluding diaryl/α,β-unsaturated/α-hetero) is 1. The lowest BCUT2D eigenvalue weighted by Gasteiger charge is -2.05. The molecule has 0 aliphatic carbocycles. The van der Waals surface area contributed by atoms with Crippen molar-refractivity contribution in [3.8, 4) is 5.75 Å². The van der Waals surface area contributed by atoms with Gasteiger partial charge in [0.05, 0.1) is 6.61 Å². The van der Waals surface area contributed by atoms with Crippen LogP contribution in [0.5, 0.6) is 5.75 Å². The molecular formula is C12H15FO2. The van der Waals surface area contributed by atoms with Gasteiger partial charge in [0.25, 0.3) is 0 Å². The zero-order valence-electron chi connectivity index (χ0n) is 8.83. The standard InChI is InChI=1S/C12H15FO2/c1-10(14)6-4-5-9-15-12-8-3-2-7-11(12)13/h2-3,7-8H,4-6,9H2,1H3. The van der Waals surface area contributed by atoms with Gasteiger partial charge in [0.2, 0.25) is 0 Å². The van der Waals surface area contributed by atoms with Crippen molar-refractivity contribution in [1.82, 2.24) is 0 Å². The summed E-state index contributed by atoms with van der Waals surface area (Å²) in [5, 5.41) is 0. The molecule has 0 aliphatic heterocycles. The van der Waals surface area contributed by atoms with Crippen molar-refractivity contribution in [2.45, 2.75) is 26.2 Å². The van der Waals surface area contributed by atoms with E-state index in [0.717, 1.165) is 12.8 Å². The summed E-state index contributed by atoms with van der Waals surface area (Å²) < 4.78 is 18.3. The summed E-state index contributed by atoms with van der Waals surface area (Å²) in [4.78, 5) is 10.6. The predicted molar refractivity (Wildman–Crippen MR) is 56.4 cm³/mol. The average Bonchev–Trinajstić information content (AvgIpc) is 2.20. The van der Waals surface area contributed by atoms with Crippen molar-refractivity contribution in [2.75, 3.05) is 6.61 Å². The molecular weight excluding hydrogens is 195 g/mol. The van der Waals surface area contributed by atoms with Crippen LogP contribution in [0.4, 0.5) is 4.39 Å². The Labute approximate surface area is 89.1 Å². The fourth-order valence-electron chi connectivity index (χ4n) is 1.22. The Hall–Kier alpha value is -1.38. The van der Waals surface area contributed by atoms with E-state index < -0.39 is 0 Å². The highest BCUT2D eigenvalue weighted by molar-refractivity contribution is 5.75. The third-order valence-corrected chi connectivity index (χ3v) is 2.02. The van der Waals surface area contributed by atoms with Gasteiger partial charge in [0, 0.05) is 6.42 Å². The first-order valence-corrected chi connectivity index (χ1v) is 5.07. The minimum absolute atomic E-state index is 0.181. The largest absolute Gasteiger partial charge is 0.491 e. The lowest BCUT2D eigenvalue weighted by Crippen LogP contribution is -2.00. The van der Waals surface area contributed by atoms with Crippen LogP contribution in [-0.4, -0.2) is 12.4 Å². The lowest BCUT2D eigenvalue weighted by molar-refractivity contribution is -0.117. The van der Waals surface area contributed by atoms with Gasteiger partial charge in [-0.3, -0.25) is 0 Å². The third kappa shape index (κ3) is 4.58. The normalized spacial score (nSPS) is 10.0. The molecule has 82 valence electrons. The predicted octanol–water partition coefficient (Wildman–Crippen LogP) is 2.96. The molecule has 0 heterocycles. The zero-order valence-corrected chi connectivity index (χ0v) is 8.83. The van der Waals surface area contributed by atoms with Crippen molar-refractivity contribution in [3.63, 3.8) is 0 Å². The number of carbonyl (C=O) groups excluding carboxylic acids is 1. The highest BCUT2D eigenvalue weighted by atomic mass is 19.1. The molecule has 15 heavy (non-hydrogen) atoms. The average molecular weight is 210 g/mol. The molecule has 0 aromatic heterocycles. The fraction of sp³-hybridized carbons (Fsp3) is 0.417. The van der Waals surface area contributed by atoms with E-state index in [0.29, 0.717) is 13.0 Å². The number of carbonyl (C=O) groups is 1. The summed E-state index contributed by atoms with van der Waals surface area (Å²) in [6.45, 7) is 2.02. The van der Waals surface area contributed by atoms with Gasteiger partial charge < -0.3 is 9.53 Å². The molecule has 0 saturated carbocycles. The van der Waals surface area contributed by atoms with Crippen molar-refractivity contribution < 1.29 is 13.9 Å². The Morgan fingerprint density at radius 3 is 2.73 bits per heavy atom. The summed E-state index contributed by atoms with van der Waals surface area (Å²) in [7, 11) is 0. The minimum atomic E-state index is -0.343. The summed E-state index contributed by atoms with van der Waals surface area (Å²) in [5.41, 5.74) is 0. The molecule has 1 aromatic carbocycles. The molecule has 3 heteroatoms. The molecule has 0 N–H and O–H groups in total. The highest BCUT2D eigenvalue weighted by Crippen LogP contribution is 2.15. The maximum atomic E-state index is 13.0. The van der Waals surface area contributed by atoms with Crippen LogP contribution in [0, 0.1) is 5.82 Å². The Bertz CT molecular complexity index is 323. The number of halogens is 1. The van der Waals surface area contributed by atoms with Crippen LogP contribution in [-0.2, 0) is 4.79 Å². The molecule has 0 fully saturated rings. The molecule has 0 radical (unpaired) electrons. The first kappa shape index (κ1) is 11.7. The van der Waals surface area contributed by atoms with Crippen molar-refractivity contribution in [1.29, 1.82) is 0 Å². The van der Waals surface area contributed by atoms with Gasteiger partial charge >= 0.3 is 0 Å². The van der Waals surface area contributed by atoms with E-state index in [1.807, 2.05) is 0 Å². The minimum Gasteiger partial charge on any atom is -0.491 e. The smallest absolute Gasteiger partial charge is 0.165 e. The molecule has 1 aromatic rings. The van der Waals surface area contributed by atoms with E-state index in [1.54, 1.807) is 25.1 Å². The molecule has 0 saturated heterocycles. The maximum Gasteiger partial charge on any atom is 0.165 e. The van der Waals surface area contributed by atoms with Crippen LogP contribution in [0.2, 0.25) is 0 Å². The third-order valence-electron chi connectivity index (χ3n) is 2.02. The van der Waals surface area contributed by atoms with Crippen LogP contribution in [0.15, 0.2) is 24.3 Å². The van der Waals surface area contributed by atoms with Gasteiger partial charge in [-0.05, 0) is 31.9 Å². The van der Waals surface area contributed by atoms with Crippen LogP contribution in [0.25, 0.3) is 0 Å². The molecule has 0 spiro atoms. The lowest BCUT2D eigenvalue weighted by atomic mass is 10.2. The van der Waals surface area contributed by atoms with Gasteiger partial charge in [-0.2, -0.15) is 0 Å². The Morgan fingerprint density at radius 2 is 2.07 bits per heavy atom. The van der Waals surface area contributed by atoms with E-state index in [9.17, 15) is 9.18 Å². The SMILES string of the molecule is CC(=O)CCCCOc1ccccc1F. The molecule has 0 amide bonds. The number of ether oxygens (including phenoxy) is 1. The Morgan fingerprint density at radius 1 is 1.33 bits per heavy atom. The van der Waals surface area contributed by atoms with Crippen molar-refractivity contribution in [3.05, 3.63) is 30.1 Å². The summed E-state index contributed by atoms with van der Waals surface area (Å²) in [6.07, 6.45) is 2.14. The zero-order chi connectivity index (χ0) is 11.1. The Balaban J connectivity index is 2.21. The van der Waals surface area contributed by atoms with Gasteiger partial charge in [0.1, 0.15) is 5.78 Å². The monoisotopic (exact) mass is 210 g/mol. The fourth-order valence-corrected chi connectivity index (χ4v) is 1.22. The second kappa shape index (κ2) is 6.17. The number of ketones is 1. The number of para-hydroxylation sites is 1. The van der Waals surface area contributed by atoms with E-state index in [2.05, 4.69) is 0 Å². The van der Waals surface area contributed by atoms with Crippen LogP contribution >= 0.6 is 0 Å². The second-order valence-electron chi connectivity index (χ2n) is 3.44. The first-order valence-electron chi connectivity index (χ1n) is 5.07. The van der Waals surface area contributed by atoms with Gasteiger partial charge in [0.15, 0.2) is 11.6 Å². The van der Waals surface area contributed by atoms with E-state index >= 15 is 0 Å². The van der Waals surface area contributed by atoms with E-state index in [1.165, 1.54) is 6.07 Å². The number of hydrogen-bond acceptors (Lipinski definition) is 2. The van der Waals surface area contributed by atoms with Gasteiger partial charge in [-0.15, -0.1) is 0 Å². The number of hydrogen-bond donors (Lipinski definition) is 0. The maximum absolute atomic E-state index is 13.0. The van der Waals surface area contributed by atoms with Gasteiger partial charge in [-0.25, -0.2) is 4.39 Å². The molecule has 2 nitrogen and oxygen atoms in total. The van der Waals surface area contributed by atoms with Crippen LogP contribution in [0.1, 0.15) is 26.2 Å². The van der Waals surface area contributed by atoms with Crippen LogP contribution < -0.4 is 4.74 Å². The summed E-state index contributed by atoms with van der Waals surface area (Å²) in [6, 6.07) is 6.32. The van der Waals surface area contributed by atoms with E-state index in [-0.39, 0.29) is 17.3 Å². The van der Waals surface area contributed by atoms with Crippen molar-refractivity contribution in [2.24, 2.45) is 0 Å². The number of benzene rings is 1. The number of rotatable bonds is 6. The molecule has 0 atom stereocenters. The van der Waals surface area contributed by atoms with E-state index in [4.69, 9.17) is 4.74 Å². The molecule has 0 aliphatic rings. The van der Waals surface area contributed by atoms with Crippen molar-refractivity contribution >= 4 is 5.78 Å². The summed E-state index contributed by atoms with van der Waals surface area (Å²) in [5.74, 6) is 0.116. The molecule has 0 unspecified atom stereocenters. The van der Waals surface area contributed by atoms with Gasteiger partial charge in [-0.1, -0.05) is 12.1 Å². The topological polar surface area (TPSA) is 26.3 Å². The second-order valence-corrected chi connectivity index (χ2v) is 3.44. The Kier molecular flexibility index (Phi) is 4.81. The highest BCUT2D eigenvalue weighted by Gasteiger charge is 2.00.